The minimum Gasteiger partial charge on any atom is -0.275 e. The van der Waals surface area contributed by atoms with E-state index in [1.54, 1.807) is 60.7 Å². The normalized spacial score (nSPS) is 21.4. The summed E-state index contributed by atoms with van der Waals surface area (Å²) < 4.78 is 0. The molecule has 142 valence electrons. The Hall–Kier alpha value is -3.68. The molecule has 28 heavy (non-hydrogen) atoms. The first-order valence-electron chi connectivity index (χ1n) is 8.79. The smallest absolute Gasteiger partial charge is 0.275 e. The lowest BCUT2D eigenvalue weighted by molar-refractivity contribution is -0.129. The molecule has 2 atom stereocenters. The van der Waals surface area contributed by atoms with Gasteiger partial charge in [0.05, 0.1) is 0 Å². The number of anilines is 2. The van der Waals surface area contributed by atoms with E-state index < -0.39 is 36.2 Å². The molecule has 0 unspecified atom stereocenters. The predicted molar refractivity (Wildman–Crippen MR) is 101 cm³/mol. The van der Waals surface area contributed by atoms with Crippen LogP contribution in [0.3, 0.4) is 0 Å². The molecule has 0 N–H and O–H groups in total. The summed E-state index contributed by atoms with van der Waals surface area (Å²) in [6.45, 7) is 2.54. The Morgan fingerprint density at radius 2 is 0.964 bits per heavy atom. The predicted octanol–water partition coefficient (Wildman–Crippen LogP) is 2.62. The zero-order valence-electron chi connectivity index (χ0n) is 15.4. The van der Waals surface area contributed by atoms with Crippen LogP contribution in [0.5, 0.6) is 0 Å². The van der Waals surface area contributed by atoms with Crippen molar-refractivity contribution < 1.29 is 19.2 Å². The third-order valence-corrected chi connectivity index (χ3v) is 4.90. The van der Waals surface area contributed by atoms with Crippen molar-refractivity contribution in [3.8, 4) is 0 Å². The maximum atomic E-state index is 13.2. The van der Waals surface area contributed by atoms with E-state index in [9.17, 15) is 19.2 Å². The number of nitrogens with zero attached hydrogens (tertiary/aromatic N) is 4. The number of rotatable bonds is 2. The van der Waals surface area contributed by atoms with Gasteiger partial charge in [0, 0.05) is 25.2 Å². The van der Waals surface area contributed by atoms with Crippen LogP contribution in [0.1, 0.15) is 13.8 Å². The molecule has 2 aliphatic rings. The van der Waals surface area contributed by atoms with E-state index in [2.05, 4.69) is 0 Å². The standard InChI is InChI=1S/C20H18N4O4/c1-13(25)21-17-18(24(19(21)27)16-11-7-4-8-12-16)22(14(2)26)20(28)23(17)15-9-5-3-6-10-15/h3-12,17-18H,1-2H3/t17-,18+. The highest BCUT2D eigenvalue weighted by molar-refractivity contribution is 6.13. The summed E-state index contributed by atoms with van der Waals surface area (Å²) in [5.41, 5.74) is 1.00. The first kappa shape index (κ1) is 17.7. The quantitative estimate of drug-likeness (QED) is 0.804. The van der Waals surface area contributed by atoms with Crippen LogP contribution in [0.4, 0.5) is 21.0 Å². The monoisotopic (exact) mass is 378 g/mol. The van der Waals surface area contributed by atoms with Gasteiger partial charge in [-0.25, -0.2) is 19.4 Å². The molecule has 0 radical (unpaired) electrons. The fraction of sp³-hybridized carbons (Fsp3) is 0.200. The van der Waals surface area contributed by atoms with Gasteiger partial charge in [0.15, 0.2) is 12.3 Å². The summed E-state index contributed by atoms with van der Waals surface area (Å²) in [7, 11) is 0. The summed E-state index contributed by atoms with van der Waals surface area (Å²) in [6, 6.07) is 16.2. The Labute approximate surface area is 161 Å². The van der Waals surface area contributed by atoms with Crippen LogP contribution in [-0.2, 0) is 9.59 Å². The highest BCUT2D eigenvalue weighted by Crippen LogP contribution is 2.40. The van der Waals surface area contributed by atoms with E-state index in [0.717, 1.165) is 9.80 Å². The van der Waals surface area contributed by atoms with Crippen LogP contribution >= 0.6 is 0 Å². The van der Waals surface area contributed by atoms with Gasteiger partial charge >= 0.3 is 12.1 Å². The zero-order chi connectivity index (χ0) is 20.0. The Balaban J connectivity index is 1.92. The summed E-state index contributed by atoms with van der Waals surface area (Å²) >= 11 is 0. The second-order valence-corrected chi connectivity index (χ2v) is 6.58. The Kier molecular flexibility index (Phi) is 4.11. The van der Waals surface area contributed by atoms with Gasteiger partial charge in [-0.15, -0.1) is 0 Å². The maximum Gasteiger partial charge on any atom is 0.334 e. The number of imide groups is 2. The van der Waals surface area contributed by atoms with Crippen molar-refractivity contribution in [2.24, 2.45) is 0 Å². The van der Waals surface area contributed by atoms with Crippen molar-refractivity contribution in [1.82, 2.24) is 9.80 Å². The first-order valence-corrected chi connectivity index (χ1v) is 8.79. The average Bonchev–Trinajstić information content (AvgIpc) is 3.12. The van der Waals surface area contributed by atoms with Crippen LogP contribution in [0, 0.1) is 0 Å². The van der Waals surface area contributed by atoms with Crippen LogP contribution in [0.2, 0.25) is 0 Å². The zero-order valence-corrected chi connectivity index (χ0v) is 15.4. The van der Waals surface area contributed by atoms with E-state index in [-0.39, 0.29) is 0 Å². The van der Waals surface area contributed by atoms with E-state index in [0.29, 0.717) is 11.4 Å². The van der Waals surface area contributed by atoms with Crippen molar-refractivity contribution in [2.45, 2.75) is 26.2 Å². The van der Waals surface area contributed by atoms with Crippen molar-refractivity contribution in [3.63, 3.8) is 0 Å². The molecule has 6 amide bonds. The number of urea groups is 2. The molecule has 8 heteroatoms. The minimum absolute atomic E-state index is 0.500. The maximum absolute atomic E-state index is 13.2. The lowest BCUT2D eigenvalue weighted by atomic mass is 10.2. The molecule has 2 aliphatic heterocycles. The van der Waals surface area contributed by atoms with E-state index >= 15 is 0 Å². The molecule has 0 spiro atoms. The molecule has 8 nitrogen and oxygen atoms in total. The van der Waals surface area contributed by atoms with Crippen LogP contribution in [-0.4, -0.2) is 46.0 Å². The minimum atomic E-state index is -0.955. The first-order chi connectivity index (χ1) is 13.4. The number of carbonyl (C=O) groups is 4. The van der Waals surface area contributed by atoms with E-state index in [1.165, 1.54) is 23.6 Å². The molecule has 0 saturated carbocycles. The van der Waals surface area contributed by atoms with Gasteiger partial charge in [-0.3, -0.25) is 19.4 Å². The van der Waals surface area contributed by atoms with Gasteiger partial charge in [0.2, 0.25) is 11.8 Å². The van der Waals surface area contributed by atoms with Crippen molar-refractivity contribution in [3.05, 3.63) is 60.7 Å². The van der Waals surface area contributed by atoms with Crippen LogP contribution in [0.25, 0.3) is 0 Å². The molecule has 0 bridgehead atoms. The largest absolute Gasteiger partial charge is 0.334 e. The third kappa shape index (κ3) is 2.45. The molecule has 0 aromatic heterocycles. The van der Waals surface area contributed by atoms with Gasteiger partial charge in [-0.2, -0.15) is 0 Å². The van der Waals surface area contributed by atoms with Crippen LogP contribution in [0.15, 0.2) is 60.7 Å². The number of fused-ring (bicyclic) bond motifs is 1. The third-order valence-electron chi connectivity index (χ3n) is 4.90. The fourth-order valence-corrected chi connectivity index (χ4v) is 3.79. The van der Waals surface area contributed by atoms with Gasteiger partial charge in [0.25, 0.3) is 0 Å². The Bertz CT molecular complexity index is 883. The Morgan fingerprint density at radius 1 is 0.643 bits per heavy atom. The molecule has 2 heterocycles. The fourth-order valence-electron chi connectivity index (χ4n) is 3.79. The van der Waals surface area contributed by atoms with Gasteiger partial charge in [-0.05, 0) is 24.3 Å². The molecule has 2 aromatic carbocycles. The summed E-state index contributed by atoms with van der Waals surface area (Å²) in [5.74, 6) is -1.00. The molecule has 2 fully saturated rings. The number of carbonyl (C=O) groups excluding carboxylic acids is 4. The lowest BCUT2D eigenvalue weighted by Crippen LogP contribution is -2.49. The summed E-state index contributed by atoms with van der Waals surface area (Å²) in [4.78, 5) is 55.8. The second kappa shape index (κ2) is 6.49. The lowest BCUT2D eigenvalue weighted by Gasteiger charge is -2.27. The Morgan fingerprint density at radius 3 is 1.25 bits per heavy atom. The second-order valence-electron chi connectivity index (χ2n) is 6.58. The van der Waals surface area contributed by atoms with Gasteiger partial charge < -0.3 is 0 Å². The summed E-state index contributed by atoms with van der Waals surface area (Å²) in [6.07, 6.45) is -1.91. The molecule has 4 rings (SSSR count). The number of amides is 6. The van der Waals surface area contributed by atoms with E-state index in [1.807, 2.05) is 0 Å². The van der Waals surface area contributed by atoms with Gasteiger partial charge in [0.1, 0.15) is 0 Å². The highest BCUT2D eigenvalue weighted by atomic mass is 16.2. The highest BCUT2D eigenvalue weighted by Gasteiger charge is 2.62. The van der Waals surface area contributed by atoms with Crippen molar-refractivity contribution in [2.75, 3.05) is 9.80 Å². The van der Waals surface area contributed by atoms with Crippen LogP contribution < -0.4 is 9.80 Å². The molecule has 2 aromatic rings. The number of hydrogen-bond acceptors (Lipinski definition) is 4. The molecule has 0 aliphatic carbocycles. The molecular weight excluding hydrogens is 360 g/mol. The van der Waals surface area contributed by atoms with Crippen molar-refractivity contribution >= 4 is 35.3 Å². The topological polar surface area (TPSA) is 81.2 Å². The average molecular weight is 378 g/mol. The van der Waals surface area contributed by atoms with Crippen molar-refractivity contribution in [1.29, 1.82) is 0 Å². The number of para-hydroxylation sites is 2. The van der Waals surface area contributed by atoms with Gasteiger partial charge in [-0.1, -0.05) is 36.4 Å². The summed E-state index contributed by atoms with van der Waals surface area (Å²) in [5, 5.41) is 0. The number of benzene rings is 2. The SMILES string of the molecule is CC(=O)N1C(=O)N(c2ccccc2)[C@H]2[C@H]1N(c1ccccc1)C(=O)N2C(C)=O. The van der Waals surface area contributed by atoms with E-state index in [4.69, 9.17) is 0 Å². The molecular formula is C20H18N4O4. The molecule has 2 saturated heterocycles. The number of hydrogen-bond donors (Lipinski definition) is 0.